The number of aliphatic hydroxyl groups is 1. The van der Waals surface area contributed by atoms with Gasteiger partial charge in [0.2, 0.25) is 0 Å². The molecule has 102 valence electrons. The number of aliphatic hydroxyl groups excluding tert-OH is 1. The summed E-state index contributed by atoms with van der Waals surface area (Å²) in [6, 6.07) is 6.22. The van der Waals surface area contributed by atoms with E-state index in [9.17, 15) is 8.42 Å². The smallest absolute Gasteiger partial charge is 0.271 e. The summed E-state index contributed by atoms with van der Waals surface area (Å²) in [5.41, 5.74) is 0.950. The second-order valence-electron chi connectivity index (χ2n) is 3.67. The second-order valence-corrected chi connectivity index (χ2v) is 7.75. The fourth-order valence-corrected chi connectivity index (χ4v) is 4.02. The number of rotatable bonds is 4. The first kappa shape index (κ1) is 14.8. The largest absolute Gasteiger partial charge is 0.392 e. The Hall–Kier alpha value is -0.600. The molecule has 0 bridgehead atoms. The molecule has 2 aromatic rings. The molecule has 0 amide bonds. The van der Waals surface area contributed by atoms with Crippen LogP contribution in [0.3, 0.4) is 0 Å². The lowest BCUT2D eigenvalue weighted by Gasteiger charge is -2.07. The van der Waals surface area contributed by atoms with Crippen LogP contribution in [-0.2, 0) is 16.6 Å². The zero-order valence-corrected chi connectivity index (χ0v) is 13.4. The molecule has 2 N–H and O–H groups in total. The van der Waals surface area contributed by atoms with Crippen LogP contribution >= 0.6 is 38.9 Å². The molecule has 0 aliphatic carbocycles. The number of anilines is 1. The number of hydrogen-bond acceptors (Lipinski definition) is 4. The molecule has 1 aromatic heterocycles. The summed E-state index contributed by atoms with van der Waals surface area (Å²) in [6.07, 6.45) is 0. The molecule has 0 atom stereocenters. The Morgan fingerprint density at radius 1 is 1.37 bits per heavy atom. The van der Waals surface area contributed by atoms with E-state index in [2.05, 4.69) is 20.7 Å². The summed E-state index contributed by atoms with van der Waals surface area (Å²) in [5, 5.41) is 11.0. The van der Waals surface area contributed by atoms with Gasteiger partial charge in [0.15, 0.2) is 0 Å². The fourth-order valence-electron chi connectivity index (χ4n) is 1.34. The predicted octanol–water partition coefficient (Wildman–Crippen LogP) is 3.46. The number of nitrogens with one attached hydrogen (secondary N) is 1. The van der Waals surface area contributed by atoms with E-state index >= 15 is 0 Å². The summed E-state index contributed by atoms with van der Waals surface area (Å²) in [7, 11) is -3.65. The lowest BCUT2D eigenvalue weighted by atomic mass is 10.3. The normalized spacial score (nSPS) is 11.5. The van der Waals surface area contributed by atoms with Gasteiger partial charge in [0.05, 0.1) is 17.3 Å². The SMILES string of the molecule is O=S(=O)(Nc1ccc(Br)c(Cl)c1)c1cc(CO)cs1. The number of halogens is 2. The van der Waals surface area contributed by atoms with Gasteiger partial charge in [-0.05, 0) is 51.1 Å². The van der Waals surface area contributed by atoms with E-state index in [1.165, 1.54) is 12.1 Å². The Morgan fingerprint density at radius 3 is 2.68 bits per heavy atom. The van der Waals surface area contributed by atoms with Gasteiger partial charge in [-0.25, -0.2) is 8.42 Å². The molecular formula is C11H9BrClNO3S2. The van der Waals surface area contributed by atoms with Crippen LogP contribution in [-0.4, -0.2) is 13.5 Å². The van der Waals surface area contributed by atoms with Crippen molar-refractivity contribution in [2.75, 3.05) is 4.72 Å². The number of sulfonamides is 1. The topological polar surface area (TPSA) is 66.4 Å². The van der Waals surface area contributed by atoms with E-state index < -0.39 is 10.0 Å². The molecule has 1 aromatic carbocycles. The number of thiophene rings is 1. The van der Waals surface area contributed by atoms with E-state index in [0.717, 1.165) is 11.3 Å². The van der Waals surface area contributed by atoms with Crippen LogP contribution in [0.2, 0.25) is 5.02 Å². The molecule has 0 saturated heterocycles. The van der Waals surface area contributed by atoms with Crippen molar-refractivity contribution in [2.45, 2.75) is 10.8 Å². The Balaban J connectivity index is 2.28. The van der Waals surface area contributed by atoms with Crippen LogP contribution in [0.25, 0.3) is 0 Å². The van der Waals surface area contributed by atoms with Crippen molar-refractivity contribution >= 4 is 54.6 Å². The van der Waals surface area contributed by atoms with Crippen molar-refractivity contribution < 1.29 is 13.5 Å². The van der Waals surface area contributed by atoms with Crippen molar-refractivity contribution in [3.05, 3.63) is 44.7 Å². The molecule has 0 aliphatic rings. The zero-order valence-electron chi connectivity index (χ0n) is 9.43. The van der Waals surface area contributed by atoms with Crippen molar-refractivity contribution in [3.63, 3.8) is 0 Å². The minimum Gasteiger partial charge on any atom is -0.392 e. The average Bonchev–Trinajstić information content (AvgIpc) is 2.83. The van der Waals surface area contributed by atoms with Gasteiger partial charge < -0.3 is 5.11 Å². The van der Waals surface area contributed by atoms with Gasteiger partial charge in [-0.15, -0.1) is 11.3 Å². The minimum atomic E-state index is -3.65. The highest BCUT2D eigenvalue weighted by Crippen LogP contribution is 2.28. The van der Waals surface area contributed by atoms with Crippen LogP contribution in [0.1, 0.15) is 5.56 Å². The zero-order chi connectivity index (χ0) is 14.0. The third-order valence-electron chi connectivity index (χ3n) is 2.25. The standard InChI is InChI=1S/C11H9BrClNO3S2/c12-9-2-1-8(4-10(9)13)14-19(16,17)11-3-7(5-15)6-18-11/h1-4,6,14-15H,5H2. The van der Waals surface area contributed by atoms with E-state index in [1.807, 2.05) is 0 Å². The maximum absolute atomic E-state index is 12.1. The van der Waals surface area contributed by atoms with Gasteiger partial charge in [-0.2, -0.15) is 0 Å². The summed E-state index contributed by atoms with van der Waals surface area (Å²) in [6.45, 7) is -0.184. The molecule has 0 fully saturated rings. The molecule has 4 nitrogen and oxygen atoms in total. The van der Waals surface area contributed by atoms with Crippen molar-refractivity contribution in [3.8, 4) is 0 Å². The highest BCUT2D eigenvalue weighted by Gasteiger charge is 2.17. The molecule has 2 rings (SSSR count). The lowest BCUT2D eigenvalue weighted by molar-refractivity contribution is 0.282. The highest BCUT2D eigenvalue weighted by molar-refractivity contribution is 9.10. The number of hydrogen-bond donors (Lipinski definition) is 2. The summed E-state index contributed by atoms with van der Waals surface area (Å²) in [4.78, 5) is 0. The van der Waals surface area contributed by atoms with Gasteiger partial charge in [0, 0.05) is 4.47 Å². The van der Waals surface area contributed by atoms with Crippen LogP contribution < -0.4 is 4.72 Å². The van der Waals surface area contributed by atoms with E-state index in [0.29, 0.717) is 20.7 Å². The highest BCUT2D eigenvalue weighted by atomic mass is 79.9. The summed E-state index contributed by atoms with van der Waals surface area (Å²) < 4.78 is 27.5. The van der Waals surface area contributed by atoms with Gasteiger partial charge in [0.1, 0.15) is 4.21 Å². The third kappa shape index (κ3) is 3.49. The molecule has 0 unspecified atom stereocenters. The first-order valence-corrected chi connectivity index (χ1v) is 8.62. The maximum Gasteiger partial charge on any atom is 0.271 e. The van der Waals surface area contributed by atoms with E-state index in [1.54, 1.807) is 17.5 Å². The maximum atomic E-state index is 12.1. The van der Waals surface area contributed by atoms with Crippen LogP contribution in [0.5, 0.6) is 0 Å². The Kier molecular flexibility index (Phi) is 4.52. The lowest BCUT2D eigenvalue weighted by Crippen LogP contribution is -2.11. The molecule has 0 radical (unpaired) electrons. The fraction of sp³-hybridized carbons (Fsp3) is 0.0909. The van der Waals surface area contributed by atoms with Crippen LogP contribution in [0, 0.1) is 0 Å². The predicted molar refractivity (Wildman–Crippen MR) is 80.2 cm³/mol. The summed E-state index contributed by atoms with van der Waals surface area (Å²) >= 11 is 10.2. The molecular weight excluding hydrogens is 374 g/mol. The molecule has 0 aliphatic heterocycles. The average molecular weight is 383 g/mol. The molecule has 0 saturated carbocycles. The molecule has 8 heteroatoms. The second kappa shape index (κ2) is 5.80. The van der Waals surface area contributed by atoms with Crippen molar-refractivity contribution in [2.24, 2.45) is 0 Å². The Morgan fingerprint density at radius 2 is 2.11 bits per heavy atom. The van der Waals surface area contributed by atoms with Crippen LogP contribution in [0.15, 0.2) is 38.3 Å². The third-order valence-corrected chi connectivity index (χ3v) is 6.35. The van der Waals surface area contributed by atoms with Crippen LogP contribution in [0.4, 0.5) is 5.69 Å². The first-order chi connectivity index (χ1) is 8.92. The van der Waals surface area contributed by atoms with Crippen molar-refractivity contribution in [1.82, 2.24) is 0 Å². The Bertz CT molecular complexity index is 700. The van der Waals surface area contributed by atoms with Gasteiger partial charge in [0.25, 0.3) is 10.0 Å². The first-order valence-electron chi connectivity index (χ1n) is 5.08. The Labute approximate surface area is 128 Å². The molecule has 0 spiro atoms. The van der Waals surface area contributed by atoms with E-state index in [-0.39, 0.29) is 10.8 Å². The molecule has 1 heterocycles. The molecule has 19 heavy (non-hydrogen) atoms. The van der Waals surface area contributed by atoms with Crippen molar-refractivity contribution in [1.29, 1.82) is 0 Å². The van der Waals surface area contributed by atoms with Gasteiger partial charge in [-0.3, -0.25) is 4.72 Å². The van der Waals surface area contributed by atoms with E-state index in [4.69, 9.17) is 16.7 Å². The minimum absolute atomic E-state index is 0.149. The summed E-state index contributed by atoms with van der Waals surface area (Å²) in [5.74, 6) is 0. The number of benzene rings is 1. The van der Waals surface area contributed by atoms with Gasteiger partial charge in [-0.1, -0.05) is 11.6 Å². The quantitative estimate of drug-likeness (QED) is 0.851. The monoisotopic (exact) mass is 381 g/mol. The van der Waals surface area contributed by atoms with Gasteiger partial charge >= 0.3 is 0 Å².